The van der Waals surface area contributed by atoms with E-state index < -0.39 is 0 Å². The maximum absolute atomic E-state index is 12.8. The van der Waals surface area contributed by atoms with Crippen LogP contribution in [0.2, 0.25) is 0 Å². The van der Waals surface area contributed by atoms with Gasteiger partial charge in [-0.1, -0.05) is 36.4 Å². The first-order chi connectivity index (χ1) is 11.8. The first-order valence-corrected chi connectivity index (χ1v) is 8.89. The topological polar surface area (TPSA) is 41.5 Å². The van der Waals surface area contributed by atoms with Crippen LogP contribution in [-0.4, -0.2) is 17.7 Å². The van der Waals surface area contributed by atoms with E-state index >= 15 is 0 Å². The van der Waals surface area contributed by atoms with Gasteiger partial charge in [0.15, 0.2) is 0 Å². The minimum atomic E-state index is -0.321. The number of aryl methyl sites for hydroxylation is 2. The summed E-state index contributed by atoms with van der Waals surface area (Å²) >= 11 is 0. The summed E-state index contributed by atoms with van der Waals surface area (Å²) in [5, 5.41) is 3.25. The van der Waals surface area contributed by atoms with Crippen LogP contribution >= 0.6 is 0 Å². The van der Waals surface area contributed by atoms with Crippen molar-refractivity contribution in [2.24, 2.45) is 4.99 Å². The van der Waals surface area contributed by atoms with Gasteiger partial charge in [-0.2, -0.15) is 0 Å². The standard InChI is InChI=1S/C21H20N2O/c24-21-18(11-13-5-2-1-3-6-13)22-17-10-9-15-12-14-7-4-8-16(14)20(23-21)19(15)17/h1-3,5-6,12,18H,4,7-11H2,(H,23,24). The highest BCUT2D eigenvalue weighted by molar-refractivity contribution is 6.15. The maximum Gasteiger partial charge on any atom is 0.249 e. The fourth-order valence-electron chi connectivity index (χ4n) is 4.41. The largest absolute Gasteiger partial charge is 0.323 e. The van der Waals surface area contributed by atoms with Crippen molar-refractivity contribution in [3.8, 4) is 0 Å². The normalized spacial score (nSPS) is 20.9. The fraction of sp³-hybridized carbons (Fsp3) is 0.333. The smallest absolute Gasteiger partial charge is 0.249 e. The third-order valence-corrected chi connectivity index (χ3v) is 5.54. The first kappa shape index (κ1) is 14.0. The molecule has 0 saturated carbocycles. The molecule has 1 heterocycles. The van der Waals surface area contributed by atoms with Crippen LogP contribution in [0, 0.1) is 0 Å². The van der Waals surface area contributed by atoms with Crippen LogP contribution in [0.5, 0.6) is 0 Å². The zero-order chi connectivity index (χ0) is 16.1. The fourth-order valence-corrected chi connectivity index (χ4v) is 4.41. The molecule has 3 nitrogen and oxygen atoms in total. The second kappa shape index (κ2) is 5.30. The molecule has 1 atom stereocenters. The van der Waals surface area contributed by atoms with Crippen LogP contribution in [0.25, 0.3) is 0 Å². The van der Waals surface area contributed by atoms with Crippen LogP contribution in [0.3, 0.4) is 0 Å². The lowest BCUT2D eigenvalue weighted by molar-refractivity contribution is -0.117. The molecule has 1 amide bonds. The van der Waals surface area contributed by atoms with Crippen LogP contribution in [-0.2, 0) is 30.5 Å². The minimum absolute atomic E-state index is 0.0447. The number of nitrogens with zero attached hydrogens (tertiary/aromatic N) is 1. The lowest BCUT2D eigenvalue weighted by Crippen LogP contribution is -2.28. The molecule has 120 valence electrons. The van der Waals surface area contributed by atoms with Gasteiger partial charge in [-0.05, 0) is 54.4 Å². The van der Waals surface area contributed by atoms with Crippen molar-refractivity contribution in [2.45, 2.75) is 44.6 Å². The molecule has 2 aromatic rings. The van der Waals surface area contributed by atoms with Crippen molar-refractivity contribution in [1.29, 1.82) is 0 Å². The van der Waals surface area contributed by atoms with Gasteiger partial charge in [0.25, 0.3) is 0 Å². The van der Waals surface area contributed by atoms with Gasteiger partial charge >= 0.3 is 0 Å². The summed E-state index contributed by atoms with van der Waals surface area (Å²) in [6.07, 6.45) is 6.11. The number of rotatable bonds is 2. The summed E-state index contributed by atoms with van der Waals surface area (Å²) < 4.78 is 0. The molecule has 0 saturated heterocycles. The highest BCUT2D eigenvalue weighted by atomic mass is 16.2. The summed E-state index contributed by atoms with van der Waals surface area (Å²) in [4.78, 5) is 17.7. The molecule has 0 aromatic heterocycles. The Hall–Kier alpha value is -2.42. The molecule has 3 heteroatoms. The van der Waals surface area contributed by atoms with Gasteiger partial charge in [-0.15, -0.1) is 0 Å². The number of aliphatic imine (C=N–C) groups is 1. The molecule has 0 bridgehead atoms. The third kappa shape index (κ3) is 2.11. The van der Waals surface area contributed by atoms with Crippen molar-refractivity contribution in [1.82, 2.24) is 0 Å². The Labute approximate surface area is 141 Å². The van der Waals surface area contributed by atoms with Gasteiger partial charge in [0, 0.05) is 17.7 Å². The van der Waals surface area contributed by atoms with Crippen molar-refractivity contribution in [3.63, 3.8) is 0 Å². The molecule has 1 unspecified atom stereocenters. The van der Waals surface area contributed by atoms with Gasteiger partial charge in [0.1, 0.15) is 6.04 Å². The number of nitrogens with one attached hydrogen (secondary N) is 1. The predicted octanol–water partition coefficient (Wildman–Crippen LogP) is 3.47. The van der Waals surface area contributed by atoms with E-state index in [9.17, 15) is 4.79 Å². The van der Waals surface area contributed by atoms with Crippen molar-refractivity contribution < 1.29 is 4.79 Å². The first-order valence-electron chi connectivity index (χ1n) is 8.89. The number of hydrogen-bond donors (Lipinski definition) is 1. The van der Waals surface area contributed by atoms with Gasteiger partial charge in [-0.25, -0.2) is 0 Å². The van der Waals surface area contributed by atoms with Crippen LogP contribution < -0.4 is 5.32 Å². The molecule has 0 fully saturated rings. The molecule has 2 aliphatic carbocycles. The predicted molar refractivity (Wildman–Crippen MR) is 95.9 cm³/mol. The van der Waals surface area contributed by atoms with Gasteiger partial charge in [0.05, 0.1) is 5.69 Å². The number of fused-ring (bicyclic) bond motifs is 2. The molecule has 1 N–H and O–H groups in total. The number of carbonyl (C=O) groups excluding carboxylic acids is 1. The van der Waals surface area contributed by atoms with Crippen LogP contribution in [0.15, 0.2) is 41.4 Å². The van der Waals surface area contributed by atoms with E-state index in [1.807, 2.05) is 18.2 Å². The second-order valence-electron chi connectivity index (χ2n) is 7.05. The Kier molecular flexibility index (Phi) is 3.09. The number of anilines is 1. The minimum Gasteiger partial charge on any atom is -0.323 e. The van der Waals surface area contributed by atoms with Gasteiger partial charge in [-0.3, -0.25) is 9.79 Å². The molecule has 0 spiro atoms. The number of carbonyl (C=O) groups is 1. The number of hydrogen-bond acceptors (Lipinski definition) is 2. The van der Waals surface area contributed by atoms with E-state index in [0.717, 1.165) is 42.6 Å². The highest BCUT2D eigenvalue weighted by Crippen LogP contribution is 2.40. The molecule has 0 radical (unpaired) electrons. The van der Waals surface area contributed by atoms with E-state index in [0.29, 0.717) is 6.42 Å². The summed E-state index contributed by atoms with van der Waals surface area (Å²) in [5.74, 6) is 0.0447. The lowest BCUT2D eigenvalue weighted by atomic mass is 9.98. The monoisotopic (exact) mass is 316 g/mol. The zero-order valence-electron chi connectivity index (χ0n) is 13.6. The van der Waals surface area contributed by atoms with E-state index in [1.54, 1.807) is 0 Å². The molecular weight excluding hydrogens is 296 g/mol. The summed E-state index contributed by atoms with van der Waals surface area (Å²) in [6.45, 7) is 0. The molecule has 1 aliphatic heterocycles. The molecule has 3 aliphatic rings. The lowest BCUT2D eigenvalue weighted by Gasteiger charge is -2.15. The number of amides is 1. The number of benzene rings is 2. The van der Waals surface area contributed by atoms with Crippen LogP contribution in [0.1, 0.15) is 40.7 Å². The van der Waals surface area contributed by atoms with E-state index in [4.69, 9.17) is 4.99 Å². The van der Waals surface area contributed by atoms with Gasteiger partial charge < -0.3 is 5.32 Å². The van der Waals surface area contributed by atoms with Crippen molar-refractivity contribution >= 4 is 17.3 Å². The quantitative estimate of drug-likeness (QED) is 0.905. The van der Waals surface area contributed by atoms with Gasteiger partial charge in [0.2, 0.25) is 5.91 Å². The van der Waals surface area contributed by atoms with Crippen molar-refractivity contribution in [2.75, 3.05) is 5.32 Å². The SMILES string of the molecule is O=C1Nc2c3c(cc4c2C(=NC1Cc1ccccc1)CC4)CCC3. The Morgan fingerprint density at radius 1 is 1.04 bits per heavy atom. The van der Waals surface area contributed by atoms with E-state index in [-0.39, 0.29) is 11.9 Å². The third-order valence-electron chi connectivity index (χ3n) is 5.54. The molecule has 5 rings (SSSR count). The molecular formula is C21H20N2O. The Balaban J connectivity index is 1.58. The highest BCUT2D eigenvalue weighted by Gasteiger charge is 2.33. The Morgan fingerprint density at radius 3 is 2.79 bits per heavy atom. The second-order valence-corrected chi connectivity index (χ2v) is 7.05. The zero-order valence-corrected chi connectivity index (χ0v) is 13.6. The summed E-state index contributed by atoms with van der Waals surface area (Å²) in [6, 6.07) is 12.2. The Bertz CT molecular complexity index is 867. The molecule has 2 aromatic carbocycles. The average molecular weight is 316 g/mol. The van der Waals surface area contributed by atoms with E-state index in [1.165, 1.54) is 28.7 Å². The summed E-state index contributed by atoms with van der Waals surface area (Å²) in [5.41, 5.74) is 8.79. The average Bonchev–Trinajstić information content (AvgIpc) is 3.19. The van der Waals surface area contributed by atoms with Crippen molar-refractivity contribution in [3.05, 3.63) is 64.2 Å². The Morgan fingerprint density at radius 2 is 1.92 bits per heavy atom. The van der Waals surface area contributed by atoms with Crippen LogP contribution in [0.4, 0.5) is 5.69 Å². The summed E-state index contributed by atoms with van der Waals surface area (Å²) in [7, 11) is 0. The molecule has 24 heavy (non-hydrogen) atoms. The van der Waals surface area contributed by atoms with E-state index in [2.05, 4.69) is 23.5 Å². The maximum atomic E-state index is 12.8.